The van der Waals surface area contributed by atoms with Crippen LogP contribution in [-0.4, -0.2) is 4.98 Å². The normalized spacial score (nSPS) is 11.5. The first-order valence-corrected chi connectivity index (χ1v) is 2.52. The standard InChI is InChI=1S/C5H2F3NO2/c6-5(7,8)3-1-4(10)11-2-9-3/h1-2H. The first kappa shape index (κ1) is 7.77. The fourth-order valence-electron chi connectivity index (χ4n) is 0.473. The van der Waals surface area contributed by atoms with Gasteiger partial charge in [0.2, 0.25) is 0 Å². The highest BCUT2D eigenvalue weighted by atomic mass is 19.4. The first-order chi connectivity index (χ1) is 5.00. The predicted molar refractivity (Wildman–Crippen MR) is 27.8 cm³/mol. The smallest absolute Gasteiger partial charge is 0.411 e. The fourth-order valence-corrected chi connectivity index (χ4v) is 0.473. The van der Waals surface area contributed by atoms with Crippen LogP contribution in [0.3, 0.4) is 0 Å². The molecule has 11 heavy (non-hydrogen) atoms. The van der Waals surface area contributed by atoms with Gasteiger partial charge in [-0.3, -0.25) is 0 Å². The van der Waals surface area contributed by atoms with Gasteiger partial charge in [0.1, 0.15) is 0 Å². The number of aromatic nitrogens is 1. The molecule has 60 valence electrons. The van der Waals surface area contributed by atoms with Crippen molar-refractivity contribution in [2.45, 2.75) is 6.18 Å². The molecular formula is C5H2F3NO2. The molecular weight excluding hydrogens is 163 g/mol. The van der Waals surface area contributed by atoms with Crippen molar-refractivity contribution in [3.05, 3.63) is 28.6 Å². The molecule has 0 atom stereocenters. The van der Waals surface area contributed by atoms with Crippen LogP contribution in [-0.2, 0) is 6.18 Å². The molecule has 3 nitrogen and oxygen atoms in total. The predicted octanol–water partition coefficient (Wildman–Crippen LogP) is 1.05. The zero-order valence-corrected chi connectivity index (χ0v) is 5.05. The van der Waals surface area contributed by atoms with E-state index < -0.39 is 17.5 Å². The van der Waals surface area contributed by atoms with Gasteiger partial charge >= 0.3 is 11.8 Å². The zero-order valence-electron chi connectivity index (χ0n) is 5.05. The van der Waals surface area contributed by atoms with E-state index >= 15 is 0 Å². The Morgan fingerprint density at radius 3 is 2.45 bits per heavy atom. The highest BCUT2D eigenvalue weighted by molar-refractivity contribution is 5.00. The molecule has 0 amide bonds. The van der Waals surface area contributed by atoms with Crippen LogP contribution >= 0.6 is 0 Å². The van der Waals surface area contributed by atoms with Gasteiger partial charge in [-0.15, -0.1) is 0 Å². The summed E-state index contributed by atoms with van der Waals surface area (Å²) in [6, 6.07) is 0.292. The van der Waals surface area contributed by atoms with Crippen molar-refractivity contribution in [2.24, 2.45) is 0 Å². The molecule has 0 aliphatic rings. The Labute approximate surface area is 58.5 Å². The third-order valence-corrected chi connectivity index (χ3v) is 0.906. The van der Waals surface area contributed by atoms with Crippen molar-refractivity contribution >= 4 is 0 Å². The molecule has 0 fully saturated rings. The van der Waals surface area contributed by atoms with Gasteiger partial charge in [-0.05, 0) is 0 Å². The van der Waals surface area contributed by atoms with E-state index in [2.05, 4.69) is 9.40 Å². The Morgan fingerprint density at radius 2 is 2.09 bits per heavy atom. The maximum atomic E-state index is 11.7. The molecule has 0 N–H and O–H groups in total. The van der Waals surface area contributed by atoms with Crippen LogP contribution in [0, 0.1) is 0 Å². The fraction of sp³-hybridized carbons (Fsp3) is 0.200. The molecule has 1 heterocycles. The third-order valence-electron chi connectivity index (χ3n) is 0.906. The second-order valence-electron chi connectivity index (χ2n) is 1.70. The zero-order chi connectivity index (χ0) is 8.48. The molecule has 0 aliphatic carbocycles. The summed E-state index contributed by atoms with van der Waals surface area (Å²) in [5, 5.41) is 0. The maximum absolute atomic E-state index is 11.7. The van der Waals surface area contributed by atoms with Gasteiger partial charge in [-0.25, -0.2) is 9.78 Å². The molecule has 1 rings (SSSR count). The summed E-state index contributed by atoms with van der Waals surface area (Å²) < 4.78 is 39.2. The lowest BCUT2D eigenvalue weighted by atomic mass is 10.4. The van der Waals surface area contributed by atoms with E-state index in [1.807, 2.05) is 0 Å². The summed E-state index contributed by atoms with van der Waals surface area (Å²) in [7, 11) is 0. The van der Waals surface area contributed by atoms with Gasteiger partial charge < -0.3 is 4.42 Å². The van der Waals surface area contributed by atoms with Crippen molar-refractivity contribution < 1.29 is 17.6 Å². The Balaban J connectivity index is 3.16. The number of nitrogens with zero attached hydrogens (tertiary/aromatic N) is 1. The van der Waals surface area contributed by atoms with Crippen molar-refractivity contribution in [3.63, 3.8) is 0 Å². The van der Waals surface area contributed by atoms with Crippen LogP contribution in [0.5, 0.6) is 0 Å². The van der Waals surface area contributed by atoms with E-state index in [0.29, 0.717) is 12.5 Å². The third kappa shape index (κ3) is 1.79. The molecule has 1 aromatic rings. The van der Waals surface area contributed by atoms with Gasteiger partial charge in [0.05, 0.1) is 6.07 Å². The van der Waals surface area contributed by atoms with Crippen LogP contribution in [0.1, 0.15) is 5.69 Å². The summed E-state index contributed by atoms with van der Waals surface area (Å²) in [5.41, 5.74) is -2.30. The molecule has 0 saturated heterocycles. The molecule has 0 bridgehead atoms. The summed E-state index contributed by atoms with van der Waals surface area (Å²) in [4.78, 5) is 13.0. The van der Waals surface area contributed by atoms with Crippen molar-refractivity contribution in [3.8, 4) is 0 Å². The van der Waals surface area contributed by atoms with E-state index in [4.69, 9.17) is 0 Å². The molecule has 0 spiro atoms. The van der Waals surface area contributed by atoms with Gasteiger partial charge in [0.15, 0.2) is 12.1 Å². The van der Waals surface area contributed by atoms with Crippen LogP contribution in [0.25, 0.3) is 0 Å². The summed E-state index contributed by atoms with van der Waals surface area (Å²) in [6.45, 7) is 0. The number of hydrogen-bond acceptors (Lipinski definition) is 3. The molecule has 0 radical (unpaired) electrons. The van der Waals surface area contributed by atoms with Gasteiger partial charge in [0, 0.05) is 0 Å². The van der Waals surface area contributed by atoms with Gasteiger partial charge in [-0.1, -0.05) is 0 Å². The number of alkyl halides is 3. The van der Waals surface area contributed by atoms with E-state index in [0.717, 1.165) is 0 Å². The van der Waals surface area contributed by atoms with E-state index in [-0.39, 0.29) is 0 Å². The van der Waals surface area contributed by atoms with Crippen molar-refractivity contribution in [1.29, 1.82) is 0 Å². The number of halogens is 3. The van der Waals surface area contributed by atoms with Crippen LogP contribution in [0.2, 0.25) is 0 Å². The molecule has 1 aromatic heterocycles. The maximum Gasteiger partial charge on any atom is 0.433 e. The van der Waals surface area contributed by atoms with E-state index in [9.17, 15) is 18.0 Å². The molecule has 0 unspecified atom stereocenters. The van der Waals surface area contributed by atoms with Crippen LogP contribution in [0.15, 0.2) is 21.7 Å². The van der Waals surface area contributed by atoms with Crippen molar-refractivity contribution in [2.75, 3.05) is 0 Å². The van der Waals surface area contributed by atoms with E-state index in [1.54, 1.807) is 0 Å². The monoisotopic (exact) mass is 165 g/mol. The minimum absolute atomic E-state index is 0.292. The average molecular weight is 165 g/mol. The van der Waals surface area contributed by atoms with Crippen LogP contribution < -0.4 is 5.63 Å². The summed E-state index contributed by atoms with van der Waals surface area (Å²) in [5.74, 6) is 0. The SMILES string of the molecule is O=c1cc(C(F)(F)F)nco1. The second kappa shape index (κ2) is 2.37. The summed E-state index contributed by atoms with van der Waals surface area (Å²) in [6.07, 6.45) is -4.12. The largest absolute Gasteiger partial charge is 0.433 e. The number of rotatable bonds is 0. The molecule has 0 saturated carbocycles. The molecule has 6 heteroatoms. The lowest BCUT2D eigenvalue weighted by Crippen LogP contribution is -2.11. The van der Waals surface area contributed by atoms with E-state index in [1.165, 1.54) is 0 Å². The number of hydrogen-bond donors (Lipinski definition) is 0. The topological polar surface area (TPSA) is 43.1 Å². The van der Waals surface area contributed by atoms with Crippen LogP contribution in [0.4, 0.5) is 13.2 Å². The first-order valence-electron chi connectivity index (χ1n) is 2.52. The van der Waals surface area contributed by atoms with Gasteiger partial charge in [-0.2, -0.15) is 13.2 Å². The summed E-state index contributed by atoms with van der Waals surface area (Å²) >= 11 is 0. The second-order valence-corrected chi connectivity index (χ2v) is 1.70. The lowest BCUT2D eigenvalue weighted by molar-refractivity contribution is -0.141. The van der Waals surface area contributed by atoms with Gasteiger partial charge in [0.25, 0.3) is 0 Å². The Bertz CT molecular complexity index is 303. The van der Waals surface area contributed by atoms with Crippen molar-refractivity contribution in [1.82, 2.24) is 4.98 Å². The lowest BCUT2D eigenvalue weighted by Gasteiger charge is -2.01. The highest BCUT2D eigenvalue weighted by Crippen LogP contribution is 2.25. The highest BCUT2D eigenvalue weighted by Gasteiger charge is 2.32. The Morgan fingerprint density at radius 1 is 1.45 bits per heavy atom. The Hall–Kier alpha value is -1.33. The minimum Gasteiger partial charge on any atom is -0.411 e. The molecule has 0 aliphatic heterocycles. The Kier molecular flexibility index (Phi) is 1.67. The quantitative estimate of drug-likeness (QED) is 0.577. The molecule has 0 aromatic carbocycles. The average Bonchev–Trinajstić information content (AvgIpc) is 1.86. The minimum atomic E-state index is -4.59.